The summed E-state index contributed by atoms with van der Waals surface area (Å²) in [4.78, 5) is 0. The third-order valence-corrected chi connectivity index (χ3v) is 9.98. The van der Waals surface area contributed by atoms with Crippen molar-refractivity contribution in [1.82, 2.24) is 0 Å². The first-order chi connectivity index (χ1) is 8.71. The van der Waals surface area contributed by atoms with Gasteiger partial charge in [-0.2, -0.15) is 0 Å². The molecule has 0 fully saturated rings. The molecule has 1 aromatic carbocycles. The standard InChI is InChI=1S/C15H26FNOSi/c1-10(2)19(11(3)4,12(5)6)18-13-7-8-15(17)14(16)9-13/h7-12H,17H2,1-6H3. The molecule has 2 nitrogen and oxygen atoms in total. The molecule has 0 saturated heterocycles. The Morgan fingerprint density at radius 2 is 1.47 bits per heavy atom. The summed E-state index contributed by atoms with van der Waals surface area (Å²) in [6.07, 6.45) is 0. The largest absolute Gasteiger partial charge is 0.543 e. The highest BCUT2D eigenvalue weighted by molar-refractivity contribution is 6.78. The number of rotatable bonds is 5. The van der Waals surface area contributed by atoms with Crippen molar-refractivity contribution in [1.29, 1.82) is 0 Å². The van der Waals surface area contributed by atoms with Crippen molar-refractivity contribution in [2.45, 2.75) is 58.2 Å². The van der Waals surface area contributed by atoms with Crippen LogP contribution in [0.4, 0.5) is 10.1 Å². The lowest BCUT2D eigenvalue weighted by molar-refractivity contribution is 0.475. The van der Waals surface area contributed by atoms with Crippen LogP contribution in [0.2, 0.25) is 16.6 Å². The van der Waals surface area contributed by atoms with Crippen molar-refractivity contribution in [3.8, 4) is 5.75 Å². The summed E-state index contributed by atoms with van der Waals surface area (Å²) in [7, 11) is -2.02. The van der Waals surface area contributed by atoms with E-state index in [1.165, 1.54) is 6.07 Å². The summed E-state index contributed by atoms with van der Waals surface area (Å²) < 4.78 is 19.9. The summed E-state index contributed by atoms with van der Waals surface area (Å²) in [5.41, 5.74) is 7.08. The quantitative estimate of drug-likeness (QED) is 0.612. The Balaban J connectivity index is 3.17. The van der Waals surface area contributed by atoms with Gasteiger partial charge in [-0.1, -0.05) is 41.5 Å². The first-order valence-corrected chi connectivity index (χ1v) is 9.09. The Labute approximate surface area is 117 Å². The zero-order chi connectivity index (χ0) is 14.8. The molecule has 0 saturated carbocycles. The Morgan fingerprint density at radius 1 is 1.00 bits per heavy atom. The number of anilines is 1. The Morgan fingerprint density at radius 3 is 1.84 bits per heavy atom. The summed E-state index contributed by atoms with van der Waals surface area (Å²) in [5, 5.41) is 0. The van der Waals surface area contributed by atoms with Gasteiger partial charge < -0.3 is 10.2 Å². The van der Waals surface area contributed by atoms with Crippen LogP contribution >= 0.6 is 0 Å². The van der Waals surface area contributed by atoms with E-state index in [2.05, 4.69) is 41.5 Å². The summed E-state index contributed by atoms with van der Waals surface area (Å²) in [6.45, 7) is 13.2. The summed E-state index contributed by atoms with van der Waals surface area (Å²) >= 11 is 0. The fourth-order valence-electron chi connectivity index (χ4n) is 3.13. The minimum absolute atomic E-state index is 0.165. The second-order valence-corrected chi connectivity index (χ2v) is 11.5. The van der Waals surface area contributed by atoms with Gasteiger partial charge in [0.2, 0.25) is 0 Å². The molecule has 0 heterocycles. The third-order valence-electron chi connectivity index (χ3n) is 3.97. The zero-order valence-electron chi connectivity index (χ0n) is 12.8. The second-order valence-electron chi connectivity index (χ2n) is 6.10. The second kappa shape index (κ2) is 5.95. The van der Waals surface area contributed by atoms with Gasteiger partial charge in [0.25, 0.3) is 8.32 Å². The molecular formula is C15H26FNOSi. The van der Waals surface area contributed by atoms with Gasteiger partial charge in [-0.3, -0.25) is 0 Å². The highest BCUT2D eigenvalue weighted by Crippen LogP contribution is 2.42. The van der Waals surface area contributed by atoms with Crippen molar-refractivity contribution < 1.29 is 8.82 Å². The molecule has 0 aliphatic carbocycles. The molecule has 0 radical (unpaired) electrons. The Kier molecular flexibility index (Phi) is 5.02. The Hall–Kier alpha value is -1.03. The maximum Gasteiger partial charge on any atom is 0.258 e. The monoisotopic (exact) mass is 283 g/mol. The van der Waals surface area contributed by atoms with Crippen LogP contribution in [-0.4, -0.2) is 8.32 Å². The first-order valence-electron chi connectivity index (χ1n) is 6.95. The van der Waals surface area contributed by atoms with Crippen molar-refractivity contribution in [2.75, 3.05) is 5.73 Å². The van der Waals surface area contributed by atoms with E-state index in [9.17, 15) is 4.39 Å². The van der Waals surface area contributed by atoms with Crippen molar-refractivity contribution >= 4 is 14.0 Å². The van der Waals surface area contributed by atoms with Crippen LogP contribution in [0.25, 0.3) is 0 Å². The lowest BCUT2D eigenvalue weighted by atomic mass is 10.3. The first kappa shape index (κ1) is 16.0. The molecule has 108 valence electrons. The molecule has 1 aromatic rings. The van der Waals surface area contributed by atoms with Gasteiger partial charge in [0, 0.05) is 6.07 Å². The van der Waals surface area contributed by atoms with Gasteiger partial charge in [-0.25, -0.2) is 4.39 Å². The molecule has 0 unspecified atom stereocenters. The lowest BCUT2D eigenvalue weighted by Crippen LogP contribution is -2.50. The molecular weight excluding hydrogens is 257 g/mol. The highest BCUT2D eigenvalue weighted by Gasteiger charge is 2.47. The number of hydrogen-bond donors (Lipinski definition) is 1. The van der Waals surface area contributed by atoms with E-state index >= 15 is 0 Å². The van der Waals surface area contributed by atoms with E-state index in [-0.39, 0.29) is 5.69 Å². The van der Waals surface area contributed by atoms with E-state index < -0.39 is 14.1 Å². The SMILES string of the molecule is CC(C)[Si](Oc1ccc(N)c(F)c1)(C(C)C)C(C)C. The predicted octanol–water partition coefficient (Wildman–Crippen LogP) is 4.96. The molecule has 0 aliphatic rings. The lowest BCUT2D eigenvalue weighted by Gasteiger charge is -2.42. The maximum absolute atomic E-state index is 13.6. The molecule has 0 aliphatic heterocycles. The van der Waals surface area contributed by atoms with E-state index in [0.29, 0.717) is 22.4 Å². The van der Waals surface area contributed by atoms with Gasteiger partial charge in [-0.15, -0.1) is 0 Å². The third kappa shape index (κ3) is 3.11. The average molecular weight is 283 g/mol. The molecule has 1 rings (SSSR count). The Bertz CT molecular complexity index is 410. The van der Waals surface area contributed by atoms with Crippen LogP contribution in [0.1, 0.15) is 41.5 Å². The fraction of sp³-hybridized carbons (Fsp3) is 0.600. The minimum Gasteiger partial charge on any atom is -0.543 e. The topological polar surface area (TPSA) is 35.2 Å². The van der Waals surface area contributed by atoms with Crippen LogP contribution in [0.5, 0.6) is 5.75 Å². The molecule has 4 heteroatoms. The van der Waals surface area contributed by atoms with Crippen molar-refractivity contribution in [3.63, 3.8) is 0 Å². The number of nitrogens with two attached hydrogens (primary N) is 1. The average Bonchev–Trinajstić information content (AvgIpc) is 2.29. The zero-order valence-corrected chi connectivity index (χ0v) is 13.8. The van der Waals surface area contributed by atoms with E-state index in [0.717, 1.165) is 0 Å². The van der Waals surface area contributed by atoms with Gasteiger partial charge in [0.05, 0.1) is 5.69 Å². The van der Waals surface area contributed by atoms with Gasteiger partial charge in [0.15, 0.2) is 0 Å². The van der Waals surface area contributed by atoms with Crippen LogP contribution in [-0.2, 0) is 0 Å². The maximum atomic E-state index is 13.6. The van der Waals surface area contributed by atoms with E-state index in [4.69, 9.17) is 10.2 Å². The molecule has 0 bridgehead atoms. The number of halogens is 1. The summed E-state index contributed by atoms with van der Waals surface area (Å²) in [5.74, 6) is 0.200. The fourth-order valence-corrected chi connectivity index (χ4v) is 8.37. The number of benzene rings is 1. The summed E-state index contributed by atoms with van der Waals surface area (Å²) in [6, 6.07) is 4.75. The van der Waals surface area contributed by atoms with Crippen LogP contribution < -0.4 is 10.2 Å². The predicted molar refractivity (Wildman–Crippen MR) is 82.5 cm³/mol. The van der Waals surface area contributed by atoms with Crippen molar-refractivity contribution in [3.05, 3.63) is 24.0 Å². The normalized spacial score (nSPS) is 12.5. The molecule has 2 N–H and O–H groups in total. The number of nitrogen functional groups attached to an aromatic ring is 1. The van der Waals surface area contributed by atoms with E-state index in [1.54, 1.807) is 12.1 Å². The smallest absolute Gasteiger partial charge is 0.258 e. The molecule has 0 spiro atoms. The van der Waals surface area contributed by atoms with E-state index in [1.807, 2.05) is 0 Å². The minimum atomic E-state index is -2.02. The van der Waals surface area contributed by atoms with Crippen LogP contribution in [0.15, 0.2) is 18.2 Å². The molecule has 0 aromatic heterocycles. The van der Waals surface area contributed by atoms with Crippen LogP contribution in [0, 0.1) is 5.82 Å². The molecule has 19 heavy (non-hydrogen) atoms. The molecule has 0 atom stereocenters. The van der Waals surface area contributed by atoms with Gasteiger partial charge in [0.1, 0.15) is 11.6 Å². The molecule has 0 amide bonds. The van der Waals surface area contributed by atoms with Crippen LogP contribution in [0.3, 0.4) is 0 Å². The number of hydrogen-bond acceptors (Lipinski definition) is 2. The van der Waals surface area contributed by atoms with Crippen molar-refractivity contribution in [2.24, 2.45) is 0 Å². The highest BCUT2D eigenvalue weighted by atomic mass is 28.4. The van der Waals surface area contributed by atoms with Gasteiger partial charge in [-0.05, 0) is 28.8 Å². The van der Waals surface area contributed by atoms with Gasteiger partial charge >= 0.3 is 0 Å².